The Morgan fingerprint density at radius 1 is 1.17 bits per heavy atom. The minimum Gasteiger partial charge on any atom is -0.343 e. The zero-order chi connectivity index (χ0) is 17.5. The first-order chi connectivity index (χ1) is 11.5. The molecule has 1 saturated carbocycles. The molecule has 1 aliphatic rings. The van der Waals surface area contributed by atoms with Crippen molar-refractivity contribution in [2.45, 2.75) is 38.1 Å². The van der Waals surface area contributed by atoms with Gasteiger partial charge in [-0.3, -0.25) is 9.59 Å². The number of benzene rings is 1. The van der Waals surface area contributed by atoms with Gasteiger partial charge in [-0.1, -0.05) is 19.3 Å². The highest BCUT2D eigenvalue weighted by Gasteiger charge is 2.25. The minimum atomic E-state index is -0.869. The van der Waals surface area contributed by atoms with Crippen LogP contribution in [0.25, 0.3) is 0 Å². The molecule has 0 spiro atoms. The van der Waals surface area contributed by atoms with Crippen LogP contribution in [0.3, 0.4) is 0 Å². The monoisotopic (exact) mass is 335 g/mol. The van der Waals surface area contributed by atoms with E-state index in [1.807, 2.05) is 0 Å². The summed E-state index contributed by atoms with van der Waals surface area (Å²) < 4.78 is 26.2. The number of carbonyl (C=O) groups excluding carboxylic acids is 2. The largest absolute Gasteiger partial charge is 0.343 e. The van der Waals surface area contributed by atoms with Crippen LogP contribution in [0.15, 0.2) is 18.2 Å². The standard InChI is InChI=1S/C17H19F2N3O2/c18-13-6-12(7-14(19)8-13)17(24)21-10-16(23)22-15(9-20)11-4-2-1-3-5-11/h6-8,11,15H,1-5,10H2,(H,21,24)(H,22,23). The lowest BCUT2D eigenvalue weighted by molar-refractivity contribution is -0.120. The lowest BCUT2D eigenvalue weighted by atomic mass is 9.84. The lowest BCUT2D eigenvalue weighted by Gasteiger charge is -2.26. The Morgan fingerprint density at radius 2 is 1.79 bits per heavy atom. The molecule has 2 N–H and O–H groups in total. The highest BCUT2D eigenvalue weighted by molar-refractivity contribution is 5.96. The average Bonchev–Trinajstić information content (AvgIpc) is 2.57. The van der Waals surface area contributed by atoms with E-state index in [-0.39, 0.29) is 18.0 Å². The van der Waals surface area contributed by atoms with Crippen molar-refractivity contribution >= 4 is 11.8 Å². The topological polar surface area (TPSA) is 82.0 Å². The van der Waals surface area contributed by atoms with Crippen LogP contribution in [-0.2, 0) is 4.79 Å². The molecule has 128 valence electrons. The summed E-state index contributed by atoms with van der Waals surface area (Å²) in [7, 11) is 0. The van der Waals surface area contributed by atoms with E-state index in [1.54, 1.807) is 0 Å². The Labute approximate surface area is 139 Å². The van der Waals surface area contributed by atoms with Gasteiger partial charge in [0.05, 0.1) is 12.6 Å². The zero-order valence-electron chi connectivity index (χ0n) is 13.1. The number of nitrogens with one attached hydrogen (secondary N) is 2. The van der Waals surface area contributed by atoms with Crippen molar-refractivity contribution < 1.29 is 18.4 Å². The van der Waals surface area contributed by atoms with Gasteiger partial charge in [-0.25, -0.2) is 8.78 Å². The molecule has 0 saturated heterocycles. The van der Waals surface area contributed by atoms with Crippen molar-refractivity contribution in [1.82, 2.24) is 10.6 Å². The van der Waals surface area contributed by atoms with Crippen molar-refractivity contribution in [3.63, 3.8) is 0 Å². The molecule has 1 aromatic rings. The molecule has 1 aromatic carbocycles. The Balaban J connectivity index is 1.85. The Bertz CT molecular complexity index is 631. The third-order valence-corrected chi connectivity index (χ3v) is 4.11. The van der Waals surface area contributed by atoms with Crippen LogP contribution in [0, 0.1) is 28.9 Å². The quantitative estimate of drug-likeness (QED) is 0.866. The second-order valence-corrected chi connectivity index (χ2v) is 5.91. The summed E-state index contributed by atoms with van der Waals surface area (Å²) >= 11 is 0. The van der Waals surface area contributed by atoms with Gasteiger partial charge in [-0.05, 0) is 30.9 Å². The molecule has 0 radical (unpaired) electrons. The molecule has 0 bridgehead atoms. The summed E-state index contributed by atoms with van der Waals surface area (Å²) in [4.78, 5) is 23.7. The molecule has 2 amide bonds. The Kier molecular flexibility index (Phi) is 6.24. The fourth-order valence-electron chi connectivity index (χ4n) is 2.90. The number of amides is 2. The van der Waals surface area contributed by atoms with Gasteiger partial charge in [0.2, 0.25) is 5.91 Å². The maximum atomic E-state index is 13.1. The Hall–Kier alpha value is -2.49. The first-order valence-corrected chi connectivity index (χ1v) is 7.93. The molecule has 2 rings (SSSR count). The van der Waals surface area contributed by atoms with E-state index < -0.39 is 29.5 Å². The van der Waals surface area contributed by atoms with Gasteiger partial charge >= 0.3 is 0 Å². The van der Waals surface area contributed by atoms with Gasteiger partial charge in [0.25, 0.3) is 5.91 Å². The van der Waals surface area contributed by atoms with E-state index in [4.69, 9.17) is 0 Å². The Morgan fingerprint density at radius 3 is 2.38 bits per heavy atom. The first-order valence-electron chi connectivity index (χ1n) is 7.93. The highest BCUT2D eigenvalue weighted by atomic mass is 19.1. The van der Waals surface area contributed by atoms with Crippen molar-refractivity contribution in [3.8, 4) is 6.07 Å². The molecule has 24 heavy (non-hydrogen) atoms. The molecule has 1 atom stereocenters. The van der Waals surface area contributed by atoms with E-state index in [9.17, 15) is 23.6 Å². The summed E-state index contributed by atoms with van der Waals surface area (Å²) in [5, 5.41) is 14.1. The average molecular weight is 335 g/mol. The predicted molar refractivity (Wildman–Crippen MR) is 82.8 cm³/mol. The van der Waals surface area contributed by atoms with Gasteiger partial charge in [0.1, 0.15) is 17.7 Å². The van der Waals surface area contributed by atoms with Gasteiger partial charge in [0, 0.05) is 11.6 Å². The van der Waals surface area contributed by atoms with Gasteiger partial charge in [-0.15, -0.1) is 0 Å². The molecule has 5 nitrogen and oxygen atoms in total. The minimum absolute atomic E-state index is 0.126. The molecule has 0 aromatic heterocycles. The number of halogens is 2. The van der Waals surface area contributed by atoms with Crippen molar-refractivity contribution in [3.05, 3.63) is 35.4 Å². The van der Waals surface area contributed by atoms with Gasteiger partial charge < -0.3 is 10.6 Å². The van der Waals surface area contributed by atoms with Crippen LogP contribution >= 0.6 is 0 Å². The molecule has 1 aliphatic carbocycles. The van der Waals surface area contributed by atoms with E-state index in [0.29, 0.717) is 6.07 Å². The fourth-order valence-corrected chi connectivity index (χ4v) is 2.90. The fraction of sp³-hybridized carbons (Fsp3) is 0.471. The molecule has 1 fully saturated rings. The molecular formula is C17H19F2N3O2. The first kappa shape index (κ1) is 17.9. The van der Waals surface area contributed by atoms with E-state index >= 15 is 0 Å². The number of nitriles is 1. The molecular weight excluding hydrogens is 316 g/mol. The van der Waals surface area contributed by atoms with Gasteiger partial charge in [-0.2, -0.15) is 5.26 Å². The van der Waals surface area contributed by atoms with E-state index in [2.05, 4.69) is 16.7 Å². The van der Waals surface area contributed by atoms with Crippen LogP contribution in [0.4, 0.5) is 8.78 Å². The maximum absolute atomic E-state index is 13.1. The summed E-state index contributed by atoms with van der Waals surface area (Å²) in [6.07, 6.45) is 5.02. The maximum Gasteiger partial charge on any atom is 0.251 e. The SMILES string of the molecule is N#CC(NC(=O)CNC(=O)c1cc(F)cc(F)c1)C1CCCCC1. The third kappa shape index (κ3) is 5.01. The lowest BCUT2D eigenvalue weighted by Crippen LogP contribution is -2.45. The number of rotatable bonds is 5. The van der Waals surface area contributed by atoms with Crippen molar-refractivity contribution in [2.24, 2.45) is 5.92 Å². The second-order valence-electron chi connectivity index (χ2n) is 5.91. The van der Waals surface area contributed by atoms with E-state index in [0.717, 1.165) is 44.2 Å². The predicted octanol–water partition coefficient (Wildman–Crippen LogP) is 2.28. The van der Waals surface area contributed by atoms with Crippen LogP contribution in [0.2, 0.25) is 0 Å². The number of nitrogens with zero attached hydrogens (tertiary/aromatic N) is 1. The molecule has 0 aliphatic heterocycles. The van der Waals surface area contributed by atoms with Crippen LogP contribution in [0.5, 0.6) is 0 Å². The smallest absolute Gasteiger partial charge is 0.251 e. The number of hydrogen-bond acceptors (Lipinski definition) is 3. The summed E-state index contributed by atoms with van der Waals surface area (Å²) in [6, 6.07) is 3.94. The van der Waals surface area contributed by atoms with E-state index in [1.165, 1.54) is 0 Å². The van der Waals surface area contributed by atoms with Crippen LogP contribution < -0.4 is 10.6 Å². The van der Waals surface area contributed by atoms with Gasteiger partial charge in [0.15, 0.2) is 0 Å². The highest BCUT2D eigenvalue weighted by Crippen LogP contribution is 2.26. The van der Waals surface area contributed by atoms with Crippen molar-refractivity contribution in [2.75, 3.05) is 6.54 Å². The normalized spacial score (nSPS) is 16.0. The van der Waals surface area contributed by atoms with Crippen molar-refractivity contribution in [1.29, 1.82) is 5.26 Å². The third-order valence-electron chi connectivity index (χ3n) is 4.11. The summed E-state index contributed by atoms with van der Waals surface area (Å²) in [5.74, 6) is -2.87. The summed E-state index contributed by atoms with van der Waals surface area (Å²) in [5.41, 5.74) is -0.204. The molecule has 0 heterocycles. The zero-order valence-corrected chi connectivity index (χ0v) is 13.1. The molecule has 7 heteroatoms. The second kappa shape index (κ2) is 8.39. The van der Waals surface area contributed by atoms with Crippen LogP contribution in [0.1, 0.15) is 42.5 Å². The van der Waals surface area contributed by atoms with Crippen LogP contribution in [-0.4, -0.2) is 24.4 Å². The molecule has 1 unspecified atom stereocenters. The number of hydrogen-bond donors (Lipinski definition) is 2. The summed E-state index contributed by atoms with van der Waals surface area (Å²) in [6.45, 7) is -0.359. The number of carbonyl (C=O) groups is 2.